The van der Waals surface area contributed by atoms with Crippen molar-refractivity contribution >= 4 is 39.8 Å². The van der Waals surface area contributed by atoms with Gasteiger partial charge in [0.05, 0.1) is 18.1 Å². The van der Waals surface area contributed by atoms with E-state index in [2.05, 4.69) is 56.3 Å². The predicted molar refractivity (Wildman–Crippen MR) is 169 cm³/mol. The number of hydrogen-bond acceptors (Lipinski definition) is 6. The summed E-state index contributed by atoms with van der Waals surface area (Å²) < 4.78 is 18.0. The first-order chi connectivity index (χ1) is 20.3. The van der Waals surface area contributed by atoms with Crippen molar-refractivity contribution < 1.29 is 23.8 Å². The first-order valence-electron chi connectivity index (χ1n) is 14.2. The van der Waals surface area contributed by atoms with E-state index in [4.69, 9.17) is 14.2 Å². The molecule has 0 aromatic heterocycles. The van der Waals surface area contributed by atoms with E-state index in [1.165, 1.54) is 10.3 Å². The summed E-state index contributed by atoms with van der Waals surface area (Å²) >= 11 is 0.936. The molecule has 4 aromatic carbocycles. The molecule has 6 nitrogen and oxygen atoms in total. The van der Waals surface area contributed by atoms with Crippen LogP contribution in [0, 0.1) is 6.92 Å². The number of carbonyl (C=O) groups is 2. The molecule has 0 aliphatic carbocycles. The maximum atomic E-state index is 13.1. The number of nitrogens with zero attached hydrogens (tertiary/aromatic N) is 1. The van der Waals surface area contributed by atoms with Crippen LogP contribution in [-0.4, -0.2) is 35.8 Å². The molecular formula is C35H35NO5S. The number of ether oxygens (including phenoxy) is 3. The summed E-state index contributed by atoms with van der Waals surface area (Å²) in [5, 5.41) is 2.04. The average molecular weight is 582 g/mol. The van der Waals surface area contributed by atoms with Crippen LogP contribution in [0.15, 0.2) is 83.8 Å². The maximum Gasteiger partial charge on any atom is 0.293 e. The number of rotatable bonds is 11. The zero-order valence-electron chi connectivity index (χ0n) is 24.4. The van der Waals surface area contributed by atoms with Crippen LogP contribution in [0.3, 0.4) is 0 Å². The maximum absolute atomic E-state index is 13.1. The lowest BCUT2D eigenvalue weighted by Gasteiger charge is -2.17. The Morgan fingerprint density at radius 3 is 2.43 bits per heavy atom. The van der Waals surface area contributed by atoms with Crippen molar-refractivity contribution in [1.82, 2.24) is 4.90 Å². The summed E-state index contributed by atoms with van der Waals surface area (Å²) in [6, 6.07) is 26.1. The van der Waals surface area contributed by atoms with Crippen molar-refractivity contribution in [3.05, 3.63) is 106 Å². The molecule has 0 bridgehead atoms. The van der Waals surface area contributed by atoms with E-state index in [1.54, 1.807) is 6.08 Å². The van der Waals surface area contributed by atoms with Crippen LogP contribution in [0.4, 0.5) is 4.79 Å². The van der Waals surface area contributed by atoms with Gasteiger partial charge in [-0.2, -0.15) is 0 Å². The Kier molecular flexibility index (Phi) is 9.18. The number of hydrogen-bond donors (Lipinski definition) is 0. The minimum absolute atomic E-state index is 0.180. The van der Waals surface area contributed by atoms with Crippen molar-refractivity contribution in [3.63, 3.8) is 0 Å². The lowest BCUT2D eigenvalue weighted by molar-refractivity contribution is -0.123. The highest BCUT2D eigenvalue weighted by Gasteiger charge is 2.35. The smallest absolute Gasteiger partial charge is 0.293 e. The summed E-state index contributed by atoms with van der Waals surface area (Å²) in [5.74, 6) is 1.97. The van der Waals surface area contributed by atoms with Gasteiger partial charge >= 0.3 is 0 Å². The molecule has 1 saturated heterocycles. The Bertz CT molecular complexity index is 1640. The molecule has 0 spiro atoms. The fourth-order valence-corrected chi connectivity index (χ4v) is 5.69. The van der Waals surface area contributed by atoms with E-state index in [0.29, 0.717) is 35.5 Å². The summed E-state index contributed by atoms with van der Waals surface area (Å²) in [6.45, 7) is 9.41. The van der Waals surface area contributed by atoms with Crippen LogP contribution in [0.1, 0.15) is 48.9 Å². The van der Waals surface area contributed by atoms with E-state index >= 15 is 0 Å². The molecule has 1 aliphatic rings. The zero-order chi connectivity index (χ0) is 29.6. The fraction of sp³-hybridized carbons (Fsp3) is 0.257. The molecule has 5 rings (SSSR count). The van der Waals surface area contributed by atoms with Gasteiger partial charge in [-0.25, -0.2) is 0 Å². The van der Waals surface area contributed by atoms with Gasteiger partial charge in [0.1, 0.15) is 19.0 Å². The third-order valence-corrected chi connectivity index (χ3v) is 7.92. The van der Waals surface area contributed by atoms with Crippen LogP contribution in [-0.2, 0) is 11.4 Å². The molecule has 0 radical (unpaired) electrons. The number of amides is 2. The van der Waals surface area contributed by atoms with Gasteiger partial charge in [0, 0.05) is 0 Å². The Labute approximate surface area is 251 Å². The third kappa shape index (κ3) is 6.80. The first-order valence-corrected chi connectivity index (χ1v) is 15.0. The van der Waals surface area contributed by atoms with Crippen LogP contribution >= 0.6 is 11.8 Å². The second-order valence-electron chi connectivity index (χ2n) is 10.5. The number of fused-ring (bicyclic) bond motifs is 1. The second-order valence-corrected chi connectivity index (χ2v) is 11.5. The summed E-state index contributed by atoms with van der Waals surface area (Å²) in [6.07, 6.45) is 1.72. The number of imide groups is 1. The Hall–Kier alpha value is -4.23. The minimum atomic E-state index is -0.323. The van der Waals surface area contributed by atoms with Crippen LogP contribution in [0.5, 0.6) is 17.2 Å². The van der Waals surface area contributed by atoms with Crippen molar-refractivity contribution in [3.8, 4) is 17.2 Å². The summed E-state index contributed by atoms with van der Waals surface area (Å²) in [5.41, 5.74) is 4.00. The normalized spacial score (nSPS) is 14.3. The van der Waals surface area contributed by atoms with Gasteiger partial charge in [-0.15, -0.1) is 0 Å². The van der Waals surface area contributed by atoms with E-state index in [1.807, 2.05) is 50.2 Å². The van der Waals surface area contributed by atoms with Crippen LogP contribution in [0.2, 0.25) is 0 Å². The Morgan fingerprint density at radius 1 is 0.833 bits per heavy atom. The van der Waals surface area contributed by atoms with Crippen LogP contribution in [0.25, 0.3) is 16.8 Å². The molecule has 2 amide bonds. The van der Waals surface area contributed by atoms with Gasteiger partial charge in [0.25, 0.3) is 11.1 Å². The van der Waals surface area contributed by atoms with E-state index in [-0.39, 0.29) is 24.3 Å². The molecule has 0 atom stereocenters. The van der Waals surface area contributed by atoms with Crippen molar-refractivity contribution in [2.45, 2.75) is 40.2 Å². The quantitative estimate of drug-likeness (QED) is 0.166. The SMILES string of the molecule is CCOc1cc(/C=C2\SC(=O)N(CCOc3cc(C)ccc3C(C)C)C2=O)ccc1OCc1ccc2ccccc2c1. The first kappa shape index (κ1) is 29.3. The van der Waals surface area contributed by atoms with Gasteiger partial charge in [0.2, 0.25) is 0 Å². The molecule has 216 valence electrons. The van der Waals surface area contributed by atoms with Crippen molar-refractivity contribution in [1.29, 1.82) is 0 Å². The average Bonchev–Trinajstić information content (AvgIpc) is 3.24. The molecule has 4 aromatic rings. The second kappa shape index (κ2) is 13.2. The molecule has 7 heteroatoms. The molecule has 1 fully saturated rings. The summed E-state index contributed by atoms with van der Waals surface area (Å²) in [4.78, 5) is 27.4. The molecule has 42 heavy (non-hydrogen) atoms. The number of carbonyl (C=O) groups excluding carboxylic acids is 2. The monoisotopic (exact) mass is 581 g/mol. The number of benzene rings is 4. The number of aryl methyl sites for hydroxylation is 1. The minimum Gasteiger partial charge on any atom is -0.491 e. The Morgan fingerprint density at radius 2 is 1.64 bits per heavy atom. The lowest BCUT2D eigenvalue weighted by Crippen LogP contribution is -2.32. The van der Waals surface area contributed by atoms with Gasteiger partial charge in [-0.05, 0) is 94.9 Å². The molecule has 0 N–H and O–H groups in total. The van der Waals surface area contributed by atoms with E-state index in [0.717, 1.165) is 45.2 Å². The van der Waals surface area contributed by atoms with Gasteiger partial charge < -0.3 is 14.2 Å². The Balaban J connectivity index is 1.25. The van der Waals surface area contributed by atoms with Crippen LogP contribution < -0.4 is 14.2 Å². The highest BCUT2D eigenvalue weighted by atomic mass is 32.2. The van der Waals surface area contributed by atoms with Crippen molar-refractivity contribution in [2.75, 3.05) is 19.8 Å². The predicted octanol–water partition coefficient (Wildman–Crippen LogP) is 8.36. The molecule has 0 unspecified atom stereocenters. The highest BCUT2D eigenvalue weighted by molar-refractivity contribution is 8.18. The summed E-state index contributed by atoms with van der Waals surface area (Å²) in [7, 11) is 0. The van der Waals surface area contributed by atoms with Gasteiger partial charge in [-0.1, -0.05) is 68.4 Å². The zero-order valence-corrected chi connectivity index (χ0v) is 25.2. The topological polar surface area (TPSA) is 65.1 Å². The largest absolute Gasteiger partial charge is 0.491 e. The van der Waals surface area contributed by atoms with Gasteiger partial charge in [0.15, 0.2) is 11.5 Å². The third-order valence-electron chi connectivity index (χ3n) is 7.01. The lowest BCUT2D eigenvalue weighted by atomic mass is 10.0. The van der Waals surface area contributed by atoms with Crippen molar-refractivity contribution in [2.24, 2.45) is 0 Å². The highest BCUT2D eigenvalue weighted by Crippen LogP contribution is 2.35. The molecular weight excluding hydrogens is 546 g/mol. The molecule has 0 saturated carbocycles. The van der Waals surface area contributed by atoms with E-state index < -0.39 is 0 Å². The molecule has 1 aliphatic heterocycles. The van der Waals surface area contributed by atoms with E-state index in [9.17, 15) is 9.59 Å². The fourth-order valence-electron chi connectivity index (χ4n) is 4.83. The van der Waals surface area contributed by atoms with Gasteiger partial charge in [-0.3, -0.25) is 14.5 Å². The number of thioether (sulfide) groups is 1. The standard InChI is InChI=1S/C35H35NO5S/c1-5-39-32-20-25(12-15-30(32)41-22-26-11-13-27-8-6-7-9-28(27)19-26)21-33-34(37)36(35(38)42-33)16-17-40-31-18-24(4)10-14-29(31)23(2)3/h6-15,18-21,23H,5,16-17,22H2,1-4H3/b33-21-. The molecule has 1 heterocycles.